The van der Waals surface area contributed by atoms with Crippen LogP contribution in [0.1, 0.15) is 5.56 Å². The molecule has 4 heterocycles. The summed E-state index contributed by atoms with van der Waals surface area (Å²) in [5.41, 5.74) is 1.45. The summed E-state index contributed by atoms with van der Waals surface area (Å²) in [6.45, 7) is 3.29. The lowest BCUT2D eigenvalue weighted by Gasteiger charge is -2.34. The van der Waals surface area contributed by atoms with Crippen LogP contribution >= 0.6 is 11.3 Å². The van der Waals surface area contributed by atoms with Crippen molar-refractivity contribution in [3.8, 4) is 5.75 Å². The molecule has 0 saturated carbocycles. The van der Waals surface area contributed by atoms with Crippen LogP contribution in [0.5, 0.6) is 5.75 Å². The average molecular weight is 508 g/mol. The highest BCUT2D eigenvalue weighted by atomic mass is 32.1. The quantitative estimate of drug-likeness (QED) is 0.365. The molecule has 1 amide bonds. The summed E-state index contributed by atoms with van der Waals surface area (Å²) in [7, 11) is 2.11. The molecule has 2 N–H and O–H groups in total. The van der Waals surface area contributed by atoms with Gasteiger partial charge in [-0.2, -0.15) is 0 Å². The fourth-order valence-corrected chi connectivity index (χ4v) is 5.66. The van der Waals surface area contributed by atoms with E-state index < -0.39 is 23.8 Å². The van der Waals surface area contributed by atoms with Gasteiger partial charge in [-0.3, -0.25) is 19.3 Å². The summed E-state index contributed by atoms with van der Waals surface area (Å²) in [5.74, 6) is -1.72. The fraction of sp³-hybridized carbons (Fsp3) is 0.280. The van der Waals surface area contributed by atoms with E-state index in [1.807, 2.05) is 30.3 Å². The molecule has 4 aromatic rings. The second-order valence-electron chi connectivity index (χ2n) is 8.81. The fourth-order valence-electron chi connectivity index (χ4n) is 4.57. The molecular weight excluding hydrogens is 482 g/mol. The van der Waals surface area contributed by atoms with Gasteiger partial charge in [-0.25, -0.2) is 4.98 Å². The van der Waals surface area contributed by atoms with Crippen LogP contribution in [-0.2, 0) is 16.1 Å². The zero-order valence-electron chi connectivity index (χ0n) is 19.6. The number of carbonyl (C=O) groups is 2. The Labute approximate surface area is 210 Å². The molecule has 1 aliphatic heterocycles. The van der Waals surface area contributed by atoms with E-state index >= 15 is 0 Å². The van der Waals surface area contributed by atoms with Gasteiger partial charge in [-0.1, -0.05) is 12.1 Å². The number of amides is 1. The molecule has 0 unspecified atom stereocenters. The van der Waals surface area contributed by atoms with Gasteiger partial charge in [0.1, 0.15) is 11.4 Å². The van der Waals surface area contributed by atoms with Crippen molar-refractivity contribution in [2.24, 2.45) is 0 Å². The number of benzene rings is 1. The first-order valence-corrected chi connectivity index (χ1v) is 12.3. The van der Waals surface area contributed by atoms with E-state index in [0.717, 1.165) is 42.3 Å². The van der Waals surface area contributed by atoms with Crippen molar-refractivity contribution in [2.45, 2.75) is 6.54 Å². The lowest BCUT2D eigenvalue weighted by Crippen LogP contribution is -2.44. The summed E-state index contributed by atoms with van der Waals surface area (Å²) < 4.78 is 1.85. The van der Waals surface area contributed by atoms with Crippen LogP contribution in [0.3, 0.4) is 0 Å². The zero-order chi connectivity index (χ0) is 25.4. The van der Waals surface area contributed by atoms with Crippen molar-refractivity contribution >= 4 is 55.5 Å². The van der Waals surface area contributed by atoms with E-state index in [2.05, 4.69) is 21.8 Å². The Hall–Kier alpha value is -3.96. The Morgan fingerprint density at radius 1 is 1.17 bits per heavy atom. The molecule has 1 fully saturated rings. The first kappa shape index (κ1) is 23.8. The summed E-state index contributed by atoms with van der Waals surface area (Å²) in [5, 5.41) is 20.9. The Kier molecular flexibility index (Phi) is 6.33. The van der Waals surface area contributed by atoms with Crippen LogP contribution in [0, 0.1) is 0 Å². The Bertz CT molecular complexity index is 1510. The normalized spacial score (nSPS) is 14.4. The van der Waals surface area contributed by atoms with E-state index in [1.165, 1.54) is 15.9 Å². The third-order valence-electron chi connectivity index (χ3n) is 6.46. The SMILES string of the molecule is CN1CCN(c2ccc(Cn3c(=O)c(N(C=O)CC(=O)O)c(O)c4sc5ncccc5c43)cc2)CC1. The van der Waals surface area contributed by atoms with Gasteiger partial charge in [0.25, 0.3) is 5.56 Å². The number of likely N-dealkylation sites (N-methyl/N-ethyl adjacent to an activating group) is 1. The number of rotatable bonds is 7. The molecule has 0 radical (unpaired) electrons. The molecule has 0 spiro atoms. The van der Waals surface area contributed by atoms with Gasteiger partial charge >= 0.3 is 5.97 Å². The number of aromatic nitrogens is 2. The Morgan fingerprint density at radius 3 is 2.56 bits per heavy atom. The van der Waals surface area contributed by atoms with Gasteiger partial charge in [-0.15, -0.1) is 11.3 Å². The van der Waals surface area contributed by atoms with Crippen LogP contribution in [0.2, 0.25) is 0 Å². The zero-order valence-corrected chi connectivity index (χ0v) is 20.4. The van der Waals surface area contributed by atoms with E-state index in [-0.39, 0.29) is 18.6 Å². The second kappa shape index (κ2) is 9.59. The molecule has 1 aromatic carbocycles. The van der Waals surface area contributed by atoms with Gasteiger partial charge < -0.3 is 24.6 Å². The Balaban J connectivity index is 1.61. The summed E-state index contributed by atoms with van der Waals surface area (Å²) in [6.07, 6.45) is 1.87. The maximum atomic E-state index is 13.7. The van der Waals surface area contributed by atoms with Crippen LogP contribution in [0.15, 0.2) is 47.4 Å². The van der Waals surface area contributed by atoms with E-state index in [0.29, 0.717) is 20.4 Å². The number of thiophene rings is 1. The highest BCUT2D eigenvalue weighted by Crippen LogP contribution is 2.41. The van der Waals surface area contributed by atoms with Crippen LogP contribution < -0.4 is 15.4 Å². The minimum atomic E-state index is -1.30. The maximum Gasteiger partial charge on any atom is 0.323 e. The highest BCUT2D eigenvalue weighted by Gasteiger charge is 2.26. The number of hydrogen-bond donors (Lipinski definition) is 2. The van der Waals surface area contributed by atoms with Crippen molar-refractivity contribution < 1.29 is 19.8 Å². The summed E-state index contributed by atoms with van der Waals surface area (Å²) in [6, 6.07) is 11.5. The minimum absolute atomic E-state index is 0.173. The lowest BCUT2D eigenvalue weighted by atomic mass is 10.1. The number of hydrogen-bond acceptors (Lipinski definition) is 8. The van der Waals surface area contributed by atoms with Crippen molar-refractivity contribution in [1.82, 2.24) is 14.5 Å². The van der Waals surface area contributed by atoms with Gasteiger partial charge in [0.05, 0.1) is 16.8 Å². The topological polar surface area (TPSA) is 119 Å². The molecule has 1 aliphatic rings. The third-order valence-corrected chi connectivity index (χ3v) is 7.57. The molecule has 36 heavy (non-hydrogen) atoms. The number of carboxylic acids is 1. The molecule has 0 aliphatic carbocycles. The molecule has 186 valence electrons. The van der Waals surface area contributed by atoms with Crippen molar-refractivity contribution in [2.75, 3.05) is 49.6 Å². The van der Waals surface area contributed by atoms with Gasteiger partial charge in [0.2, 0.25) is 6.41 Å². The number of fused-ring (bicyclic) bond motifs is 3. The van der Waals surface area contributed by atoms with Gasteiger partial charge in [0.15, 0.2) is 11.4 Å². The third kappa shape index (κ3) is 4.27. The van der Waals surface area contributed by atoms with Gasteiger partial charge in [0, 0.05) is 43.4 Å². The highest BCUT2D eigenvalue weighted by molar-refractivity contribution is 7.25. The summed E-state index contributed by atoms with van der Waals surface area (Å²) >= 11 is 1.18. The van der Waals surface area contributed by atoms with Crippen molar-refractivity contribution in [1.29, 1.82) is 0 Å². The first-order chi connectivity index (χ1) is 17.4. The standard InChI is InChI=1S/C25H25N5O5S/c1-27-9-11-28(12-10-27)17-6-4-16(5-7-17)13-30-20-18-3-2-8-26-24(18)36-23(20)22(34)21(25(30)35)29(15-31)14-19(32)33/h2-8,15,34H,9-14H2,1H3,(H,32,33). The van der Waals surface area contributed by atoms with E-state index in [4.69, 9.17) is 0 Å². The molecule has 10 nitrogen and oxygen atoms in total. The second-order valence-corrected chi connectivity index (χ2v) is 9.81. The molecule has 0 atom stereocenters. The number of carbonyl (C=O) groups excluding carboxylic acids is 1. The number of piperazine rings is 1. The van der Waals surface area contributed by atoms with Crippen molar-refractivity contribution in [3.05, 3.63) is 58.5 Å². The largest absolute Gasteiger partial charge is 0.504 e. The number of aliphatic carboxylic acids is 1. The first-order valence-electron chi connectivity index (χ1n) is 11.5. The number of pyridine rings is 2. The van der Waals surface area contributed by atoms with Crippen molar-refractivity contribution in [3.63, 3.8) is 0 Å². The molecule has 1 saturated heterocycles. The molecule has 3 aromatic heterocycles. The number of carboxylic acid groups (broad SMARTS) is 1. The van der Waals surface area contributed by atoms with Crippen LogP contribution in [0.4, 0.5) is 11.4 Å². The van der Waals surface area contributed by atoms with Crippen LogP contribution in [-0.4, -0.2) is 76.8 Å². The number of nitrogens with zero attached hydrogens (tertiary/aromatic N) is 5. The molecule has 11 heteroatoms. The predicted molar refractivity (Wildman–Crippen MR) is 139 cm³/mol. The Morgan fingerprint density at radius 2 is 1.89 bits per heavy atom. The monoisotopic (exact) mass is 507 g/mol. The average Bonchev–Trinajstić information content (AvgIpc) is 3.26. The number of aromatic hydroxyl groups is 1. The summed E-state index contributed by atoms with van der Waals surface area (Å²) in [4.78, 5) is 47.0. The van der Waals surface area contributed by atoms with E-state index in [1.54, 1.807) is 12.3 Å². The molecular formula is C25H25N5O5S. The number of anilines is 2. The lowest BCUT2D eigenvalue weighted by molar-refractivity contribution is -0.136. The predicted octanol–water partition coefficient (Wildman–Crippen LogP) is 2.16. The van der Waals surface area contributed by atoms with E-state index in [9.17, 15) is 24.6 Å². The molecule has 0 bridgehead atoms. The smallest absolute Gasteiger partial charge is 0.323 e. The maximum absolute atomic E-state index is 13.7. The minimum Gasteiger partial charge on any atom is -0.504 e. The van der Waals surface area contributed by atoms with Gasteiger partial charge in [-0.05, 0) is 36.9 Å². The van der Waals surface area contributed by atoms with Crippen LogP contribution in [0.25, 0.3) is 20.4 Å². The molecule has 5 rings (SSSR count).